The van der Waals surface area contributed by atoms with Crippen LogP contribution in [0.25, 0.3) is 0 Å². The fourth-order valence-corrected chi connectivity index (χ4v) is 3.71. The van der Waals surface area contributed by atoms with Gasteiger partial charge in [0.2, 0.25) is 0 Å². The second-order valence-electron chi connectivity index (χ2n) is 7.41. The number of aromatic amines is 1. The van der Waals surface area contributed by atoms with E-state index in [-0.39, 0.29) is 11.8 Å². The molecule has 1 heterocycles. The Morgan fingerprint density at radius 3 is 1.30 bits per heavy atom. The van der Waals surface area contributed by atoms with Crippen molar-refractivity contribution in [1.82, 2.24) is 20.6 Å². The number of nitrogens with zero attached hydrogens (tertiary/aromatic N) is 4. The molecule has 4 aromatic carbocycles. The highest BCUT2D eigenvalue weighted by atomic mass is 15.5. The van der Waals surface area contributed by atoms with Crippen LogP contribution in [0, 0.1) is 11.3 Å². The normalized spacial score (nSPS) is 10.3. The quantitative estimate of drug-likeness (QED) is 0.387. The molecule has 5 rings (SSSR count). The predicted octanol–water partition coefficient (Wildman–Crippen LogP) is 5.72. The van der Waals surface area contributed by atoms with Crippen molar-refractivity contribution < 1.29 is 0 Å². The van der Waals surface area contributed by atoms with E-state index in [0.717, 1.165) is 22.3 Å². The van der Waals surface area contributed by atoms with Gasteiger partial charge in [0.25, 0.3) is 0 Å². The Morgan fingerprint density at radius 2 is 0.970 bits per heavy atom. The number of benzene rings is 4. The monoisotopic (exact) mass is 429 g/mol. The van der Waals surface area contributed by atoms with E-state index in [0.29, 0.717) is 5.82 Å². The van der Waals surface area contributed by atoms with Crippen LogP contribution in [0.1, 0.15) is 39.9 Å². The summed E-state index contributed by atoms with van der Waals surface area (Å²) in [6.07, 6.45) is 0. The molecule has 160 valence electrons. The van der Waals surface area contributed by atoms with Gasteiger partial charge >= 0.3 is 0 Å². The zero-order chi connectivity index (χ0) is 22.7. The summed E-state index contributed by atoms with van der Waals surface area (Å²) < 4.78 is 0. The zero-order valence-corrected chi connectivity index (χ0v) is 18.0. The van der Waals surface area contributed by atoms with E-state index < -0.39 is 0 Å². The van der Waals surface area contributed by atoms with Crippen LogP contribution in [-0.2, 0) is 0 Å². The van der Waals surface area contributed by atoms with Gasteiger partial charge in [-0.05, 0) is 22.3 Å². The van der Waals surface area contributed by atoms with Crippen LogP contribution >= 0.6 is 0 Å². The lowest BCUT2D eigenvalue weighted by molar-refractivity contribution is 0.861. The van der Waals surface area contributed by atoms with Crippen molar-refractivity contribution in [1.29, 1.82) is 5.26 Å². The maximum atomic E-state index is 9.18. The molecule has 33 heavy (non-hydrogen) atoms. The van der Waals surface area contributed by atoms with E-state index >= 15 is 0 Å². The van der Waals surface area contributed by atoms with Crippen molar-refractivity contribution in [3.05, 3.63) is 149 Å². The molecule has 1 aromatic heterocycles. The van der Waals surface area contributed by atoms with Crippen LogP contribution in [0.2, 0.25) is 0 Å². The lowest BCUT2D eigenvalue weighted by atomic mass is 9.91. The van der Waals surface area contributed by atoms with Gasteiger partial charge in [-0.2, -0.15) is 10.5 Å². The lowest BCUT2D eigenvalue weighted by Crippen LogP contribution is -2.05. The molecule has 0 saturated carbocycles. The molecule has 0 amide bonds. The topological polar surface area (TPSA) is 78.2 Å². The van der Waals surface area contributed by atoms with Crippen molar-refractivity contribution in [3.63, 3.8) is 0 Å². The maximum absolute atomic E-state index is 9.18. The molecule has 1 N–H and O–H groups in total. The van der Waals surface area contributed by atoms with Crippen molar-refractivity contribution in [2.45, 2.75) is 11.8 Å². The molecule has 0 aliphatic rings. The van der Waals surface area contributed by atoms with Crippen LogP contribution in [0.5, 0.6) is 0 Å². The first-order chi connectivity index (χ1) is 16.4. The molecule has 5 nitrogen and oxygen atoms in total. The maximum Gasteiger partial charge on any atom is 0.186 e. The van der Waals surface area contributed by atoms with Crippen LogP contribution in [0.3, 0.4) is 0 Å². The molecule has 0 unspecified atom stereocenters. The molecule has 5 aromatic rings. The number of rotatable bonds is 5. The minimum Gasteiger partial charge on any atom is -0.197 e. The Kier molecular flexibility index (Phi) is 7.33. The first kappa shape index (κ1) is 21.7. The van der Waals surface area contributed by atoms with E-state index in [1.54, 1.807) is 0 Å². The largest absolute Gasteiger partial charge is 0.197 e. The molecular formula is C28H23N5. The Bertz CT molecular complexity index is 1170. The molecule has 0 aliphatic heterocycles. The van der Waals surface area contributed by atoms with Gasteiger partial charge in [-0.15, -0.1) is 10.2 Å². The SMILES string of the molecule is N#CC(c1ccccc1)c1ccccc1.c1ccc(C(c2ccccc2)c2nn[nH]n2)cc1. The zero-order valence-electron chi connectivity index (χ0n) is 18.0. The highest BCUT2D eigenvalue weighted by Gasteiger charge is 2.20. The van der Waals surface area contributed by atoms with Crippen LogP contribution in [-0.4, -0.2) is 20.6 Å². The van der Waals surface area contributed by atoms with Crippen molar-refractivity contribution >= 4 is 0 Å². The highest BCUT2D eigenvalue weighted by molar-refractivity contribution is 5.38. The fourth-order valence-electron chi connectivity index (χ4n) is 3.71. The van der Waals surface area contributed by atoms with Gasteiger partial charge in [0.1, 0.15) is 0 Å². The summed E-state index contributed by atoms with van der Waals surface area (Å²) in [6, 6.07) is 42.4. The van der Waals surface area contributed by atoms with Gasteiger partial charge in [0.05, 0.1) is 17.9 Å². The number of tetrazole rings is 1. The van der Waals surface area contributed by atoms with Gasteiger partial charge in [0.15, 0.2) is 5.82 Å². The Hall–Kier alpha value is -4.56. The number of hydrogen-bond acceptors (Lipinski definition) is 4. The average molecular weight is 430 g/mol. The second-order valence-corrected chi connectivity index (χ2v) is 7.41. The van der Waals surface area contributed by atoms with Gasteiger partial charge in [-0.25, -0.2) is 0 Å². The average Bonchev–Trinajstić information content (AvgIpc) is 3.42. The van der Waals surface area contributed by atoms with Gasteiger partial charge in [-0.1, -0.05) is 127 Å². The number of nitriles is 1. The van der Waals surface area contributed by atoms with Crippen LogP contribution in [0.4, 0.5) is 0 Å². The molecule has 5 heteroatoms. The van der Waals surface area contributed by atoms with Crippen LogP contribution in [0.15, 0.2) is 121 Å². The summed E-state index contributed by atoms with van der Waals surface area (Å²) in [5.41, 5.74) is 4.41. The number of aromatic nitrogens is 4. The standard InChI is InChI=1S/C14H12N4.C14H11N/c1-3-7-11(8-4-1)13(14-15-17-18-16-14)12-9-5-2-6-10-12;15-11-14(12-7-3-1-4-8-12)13-9-5-2-6-10-13/h1-10,13H,(H,15,16,17,18);1-10,14H. The van der Waals surface area contributed by atoms with E-state index in [4.69, 9.17) is 0 Å². The predicted molar refractivity (Wildman–Crippen MR) is 128 cm³/mol. The Labute approximate surface area is 193 Å². The lowest BCUT2D eigenvalue weighted by Gasteiger charge is -2.13. The smallest absolute Gasteiger partial charge is 0.186 e. The molecule has 0 radical (unpaired) electrons. The summed E-state index contributed by atoms with van der Waals surface area (Å²) in [6.45, 7) is 0. The first-order valence-electron chi connectivity index (χ1n) is 10.7. The fraction of sp³-hybridized carbons (Fsp3) is 0.0714. The number of hydrogen-bond donors (Lipinski definition) is 1. The van der Waals surface area contributed by atoms with Gasteiger partial charge in [0, 0.05) is 0 Å². The highest BCUT2D eigenvalue weighted by Crippen LogP contribution is 2.28. The molecule has 0 atom stereocenters. The first-order valence-corrected chi connectivity index (χ1v) is 10.7. The van der Waals surface area contributed by atoms with E-state index in [9.17, 15) is 5.26 Å². The Balaban J connectivity index is 0.000000160. The van der Waals surface area contributed by atoms with E-state index in [1.807, 2.05) is 97.1 Å². The van der Waals surface area contributed by atoms with Gasteiger partial charge < -0.3 is 0 Å². The third-order valence-corrected chi connectivity index (χ3v) is 5.28. The molecule has 0 saturated heterocycles. The molecule has 0 fully saturated rings. The summed E-state index contributed by atoms with van der Waals surface area (Å²) >= 11 is 0. The van der Waals surface area contributed by atoms with E-state index in [1.165, 1.54) is 0 Å². The van der Waals surface area contributed by atoms with Crippen molar-refractivity contribution in [3.8, 4) is 6.07 Å². The molecule has 0 aliphatic carbocycles. The summed E-state index contributed by atoms with van der Waals surface area (Å²) in [5, 5.41) is 23.6. The van der Waals surface area contributed by atoms with E-state index in [2.05, 4.69) is 51.0 Å². The third kappa shape index (κ3) is 5.57. The van der Waals surface area contributed by atoms with Crippen molar-refractivity contribution in [2.24, 2.45) is 0 Å². The summed E-state index contributed by atoms with van der Waals surface area (Å²) in [7, 11) is 0. The number of H-pyrrole nitrogens is 1. The second kappa shape index (κ2) is 11.2. The molecule has 0 spiro atoms. The molecule has 0 bridgehead atoms. The van der Waals surface area contributed by atoms with Crippen LogP contribution < -0.4 is 0 Å². The minimum absolute atomic E-state index is 0.0196. The minimum atomic E-state index is -0.160. The third-order valence-electron chi connectivity index (χ3n) is 5.28. The Morgan fingerprint density at radius 1 is 0.576 bits per heavy atom. The molecular weight excluding hydrogens is 406 g/mol. The van der Waals surface area contributed by atoms with Gasteiger partial charge in [-0.3, -0.25) is 0 Å². The number of nitrogens with one attached hydrogen (secondary N) is 1. The summed E-state index contributed by atoms with van der Waals surface area (Å²) in [4.78, 5) is 0. The van der Waals surface area contributed by atoms with Crippen molar-refractivity contribution in [2.75, 3.05) is 0 Å². The summed E-state index contributed by atoms with van der Waals surface area (Å²) in [5.74, 6) is 0.547.